The minimum atomic E-state index is -5.00. The monoisotopic (exact) mass is 630 g/mol. The molecule has 0 radical (unpaired) electrons. The van der Waals surface area contributed by atoms with E-state index in [9.17, 15) is 35.9 Å². The van der Waals surface area contributed by atoms with Gasteiger partial charge in [0.05, 0.1) is 38.3 Å². The summed E-state index contributed by atoms with van der Waals surface area (Å²) >= 11 is 17.5. The molecular weight excluding hydrogens is 605 g/mol. The van der Waals surface area contributed by atoms with Gasteiger partial charge >= 0.3 is 12.4 Å². The van der Waals surface area contributed by atoms with Crippen molar-refractivity contribution in [2.75, 3.05) is 0 Å². The molecule has 0 aliphatic heterocycles. The molecule has 0 aliphatic carbocycles. The van der Waals surface area contributed by atoms with Crippen molar-refractivity contribution in [3.63, 3.8) is 0 Å². The van der Waals surface area contributed by atoms with Gasteiger partial charge in [0.25, 0.3) is 5.91 Å². The molecule has 0 aliphatic rings. The van der Waals surface area contributed by atoms with E-state index in [1.54, 1.807) is 0 Å². The first-order chi connectivity index (χ1) is 18.2. The molecule has 0 aromatic heterocycles. The van der Waals surface area contributed by atoms with Crippen LogP contribution in [-0.2, 0) is 11.0 Å². The Labute approximate surface area is 243 Å². The van der Waals surface area contributed by atoms with Gasteiger partial charge < -0.3 is 10.6 Å². The van der Waals surface area contributed by atoms with E-state index < -0.39 is 41.5 Å². The highest BCUT2D eigenvalue weighted by Crippen LogP contribution is 2.41. The predicted molar refractivity (Wildman–Crippen MR) is 145 cm³/mol. The van der Waals surface area contributed by atoms with Crippen molar-refractivity contribution in [1.29, 1.82) is 0 Å². The number of benzene rings is 2. The van der Waals surface area contributed by atoms with Crippen molar-refractivity contribution in [2.24, 2.45) is 5.41 Å². The zero-order valence-corrected chi connectivity index (χ0v) is 24.1. The maximum atomic E-state index is 13.8. The molecule has 1 unspecified atom stereocenters. The molecule has 0 saturated carbocycles. The maximum Gasteiger partial charge on any atom is 0.417 e. The van der Waals surface area contributed by atoms with Crippen molar-refractivity contribution in [3.8, 4) is 0 Å². The average Bonchev–Trinajstić information content (AvgIpc) is 2.79. The Bertz CT molecular complexity index is 1250. The topological polar surface area (TPSA) is 58.2 Å². The molecule has 220 valence electrons. The van der Waals surface area contributed by atoms with Crippen LogP contribution in [0, 0.1) is 5.41 Å². The third-order valence-corrected chi connectivity index (χ3v) is 6.82. The standard InChI is InChI=1S/C27H27Cl3F6N2O2/c1-14(37-22(39)9-10-25(2,3)4)38-24(40)17-7-5-15(11-19(17)27(34,35)36)6-8-18(26(31,32)33)16-12-20(28)23(30)21(29)13-16/h5-8,11-14,18H,9-10H2,1-4H3,(H,37,39)(H,38,40)/t14-,18?/m1/s1. The number of carbonyl (C=O) groups excluding carboxylic acids is 2. The van der Waals surface area contributed by atoms with Crippen molar-refractivity contribution >= 4 is 52.7 Å². The number of rotatable bonds is 8. The average molecular weight is 632 g/mol. The van der Waals surface area contributed by atoms with Crippen molar-refractivity contribution in [1.82, 2.24) is 10.6 Å². The van der Waals surface area contributed by atoms with Crippen LogP contribution in [0.2, 0.25) is 15.1 Å². The van der Waals surface area contributed by atoms with Crippen LogP contribution in [0.3, 0.4) is 0 Å². The number of hydrogen-bond acceptors (Lipinski definition) is 2. The third kappa shape index (κ3) is 9.89. The number of hydrogen-bond donors (Lipinski definition) is 2. The van der Waals surface area contributed by atoms with Gasteiger partial charge in [0.1, 0.15) is 0 Å². The van der Waals surface area contributed by atoms with E-state index in [0.717, 1.165) is 30.3 Å². The van der Waals surface area contributed by atoms with E-state index >= 15 is 0 Å². The van der Waals surface area contributed by atoms with Gasteiger partial charge in [0.2, 0.25) is 5.91 Å². The first-order valence-corrected chi connectivity index (χ1v) is 13.0. The lowest BCUT2D eigenvalue weighted by molar-refractivity contribution is -0.139. The molecule has 2 atom stereocenters. The van der Waals surface area contributed by atoms with E-state index in [1.165, 1.54) is 6.92 Å². The maximum absolute atomic E-state index is 13.8. The minimum absolute atomic E-state index is 0.114. The van der Waals surface area contributed by atoms with Crippen LogP contribution in [-0.4, -0.2) is 24.2 Å². The molecule has 2 aromatic carbocycles. The van der Waals surface area contributed by atoms with Crippen LogP contribution in [0.15, 0.2) is 36.4 Å². The molecule has 0 saturated heterocycles. The number of alkyl halides is 6. The minimum Gasteiger partial charge on any atom is -0.336 e. The predicted octanol–water partition coefficient (Wildman–Crippen LogP) is 9.04. The summed E-state index contributed by atoms with van der Waals surface area (Å²) in [5.74, 6) is -3.77. The van der Waals surface area contributed by atoms with Crippen LogP contribution in [0.1, 0.15) is 73.5 Å². The van der Waals surface area contributed by atoms with Crippen LogP contribution in [0.25, 0.3) is 6.08 Å². The molecule has 2 amide bonds. The Hall–Kier alpha value is -2.43. The number of allylic oxidation sites excluding steroid dienone is 1. The van der Waals surface area contributed by atoms with E-state index in [2.05, 4.69) is 10.6 Å². The molecule has 4 nitrogen and oxygen atoms in total. The zero-order valence-electron chi connectivity index (χ0n) is 21.8. The van der Waals surface area contributed by atoms with Crippen LogP contribution < -0.4 is 10.6 Å². The molecular formula is C27H27Cl3F6N2O2. The summed E-state index contributed by atoms with van der Waals surface area (Å²) < 4.78 is 82.9. The van der Waals surface area contributed by atoms with Crippen LogP contribution in [0.4, 0.5) is 26.3 Å². The van der Waals surface area contributed by atoms with Crippen molar-refractivity contribution < 1.29 is 35.9 Å². The SMILES string of the molecule is C[C@H](NC(=O)CCC(C)(C)C)NC(=O)c1ccc(C=CC(c2cc(Cl)c(Cl)c(Cl)c2)C(F)(F)F)cc1C(F)(F)F. The summed E-state index contributed by atoms with van der Waals surface area (Å²) in [5, 5.41) is 4.21. The Kier molecular flexibility index (Phi) is 11.0. The van der Waals surface area contributed by atoms with Gasteiger partial charge in [-0.25, -0.2) is 0 Å². The zero-order chi connectivity index (χ0) is 30.6. The summed E-state index contributed by atoms with van der Waals surface area (Å²) in [6.45, 7) is 7.21. The van der Waals surface area contributed by atoms with Crippen LogP contribution in [0.5, 0.6) is 0 Å². The highest BCUT2D eigenvalue weighted by Gasteiger charge is 2.40. The molecule has 0 heterocycles. The molecule has 40 heavy (non-hydrogen) atoms. The largest absolute Gasteiger partial charge is 0.417 e. The first kappa shape index (κ1) is 33.8. The van der Waals surface area contributed by atoms with Gasteiger partial charge in [-0.3, -0.25) is 9.59 Å². The lowest BCUT2D eigenvalue weighted by atomic mass is 9.90. The van der Waals surface area contributed by atoms with Gasteiger partial charge in [-0.15, -0.1) is 0 Å². The van der Waals surface area contributed by atoms with Crippen molar-refractivity contribution in [3.05, 3.63) is 73.7 Å². The Morgan fingerprint density at radius 2 is 1.50 bits per heavy atom. The van der Waals surface area contributed by atoms with E-state index in [1.807, 2.05) is 20.8 Å². The fraction of sp³-hybridized carbons (Fsp3) is 0.407. The number of carbonyl (C=O) groups is 2. The lowest BCUT2D eigenvalue weighted by Gasteiger charge is -2.21. The van der Waals surface area contributed by atoms with Gasteiger partial charge in [-0.05, 0) is 54.2 Å². The molecule has 13 heteroatoms. The molecule has 0 fully saturated rings. The summed E-state index contributed by atoms with van der Waals surface area (Å²) in [5.41, 5.74) is -2.85. The summed E-state index contributed by atoms with van der Waals surface area (Å²) in [7, 11) is 0. The van der Waals surface area contributed by atoms with Gasteiger partial charge in [-0.2, -0.15) is 26.3 Å². The number of halogens is 9. The molecule has 2 N–H and O–H groups in total. The van der Waals surface area contributed by atoms with Crippen LogP contribution >= 0.6 is 34.8 Å². The number of amides is 2. The van der Waals surface area contributed by atoms with E-state index in [4.69, 9.17) is 34.8 Å². The smallest absolute Gasteiger partial charge is 0.336 e. The lowest BCUT2D eigenvalue weighted by Crippen LogP contribution is -2.46. The quantitative estimate of drug-likeness (QED) is 0.174. The van der Waals surface area contributed by atoms with E-state index in [-0.39, 0.29) is 43.9 Å². The fourth-order valence-corrected chi connectivity index (χ4v) is 4.19. The Balaban J connectivity index is 2.31. The first-order valence-electron chi connectivity index (χ1n) is 11.9. The Morgan fingerprint density at radius 1 is 0.925 bits per heavy atom. The highest BCUT2D eigenvalue weighted by molar-refractivity contribution is 6.48. The molecule has 2 aromatic rings. The molecule has 0 spiro atoms. The highest BCUT2D eigenvalue weighted by atomic mass is 35.5. The summed E-state index contributed by atoms with van der Waals surface area (Å²) in [6.07, 6.45) is -8.60. The summed E-state index contributed by atoms with van der Waals surface area (Å²) in [4.78, 5) is 24.7. The molecule has 0 bridgehead atoms. The fourth-order valence-electron chi connectivity index (χ4n) is 3.58. The normalized spacial score (nSPS) is 14.2. The second-order valence-electron chi connectivity index (χ2n) is 10.3. The number of nitrogens with one attached hydrogen (secondary N) is 2. The second kappa shape index (κ2) is 13.0. The summed E-state index contributed by atoms with van der Waals surface area (Å²) in [6, 6.07) is 4.42. The molecule has 2 rings (SSSR count). The third-order valence-electron chi connectivity index (χ3n) is 5.62. The van der Waals surface area contributed by atoms with Gasteiger partial charge in [-0.1, -0.05) is 73.8 Å². The van der Waals surface area contributed by atoms with Gasteiger partial charge in [0, 0.05) is 6.42 Å². The van der Waals surface area contributed by atoms with Crippen molar-refractivity contribution in [2.45, 2.75) is 65.0 Å². The second-order valence-corrected chi connectivity index (χ2v) is 11.5. The Morgan fingerprint density at radius 3 is 2.00 bits per heavy atom. The van der Waals surface area contributed by atoms with Gasteiger partial charge in [0.15, 0.2) is 0 Å². The van der Waals surface area contributed by atoms with E-state index in [0.29, 0.717) is 18.6 Å².